The first kappa shape index (κ1) is 19.5. The fourth-order valence-corrected chi connectivity index (χ4v) is 3.09. The molecule has 25 heavy (non-hydrogen) atoms. The van der Waals surface area contributed by atoms with E-state index in [0.29, 0.717) is 12.8 Å². The molecule has 2 amide bonds. The number of hydrogen-bond donors (Lipinski definition) is 2. The summed E-state index contributed by atoms with van der Waals surface area (Å²) in [6, 6.07) is 3.09. The van der Waals surface area contributed by atoms with Gasteiger partial charge in [0.15, 0.2) is 0 Å². The van der Waals surface area contributed by atoms with Crippen molar-refractivity contribution >= 4 is 29.1 Å². The Hall–Kier alpha value is -1.80. The van der Waals surface area contributed by atoms with Crippen LogP contribution in [0.5, 0.6) is 0 Å². The molecule has 0 bridgehead atoms. The van der Waals surface area contributed by atoms with E-state index < -0.39 is 22.7 Å². The summed E-state index contributed by atoms with van der Waals surface area (Å²) in [5.41, 5.74) is 4.71. The largest absolute Gasteiger partial charge is 0.417 e. The lowest BCUT2D eigenvalue weighted by molar-refractivity contribution is -0.137. The molecule has 2 rings (SSSR count). The number of nitrogens with zero attached hydrogens (tertiary/aromatic N) is 1. The molecule has 2 unspecified atom stereocenters. The van der Waals surface area contributed by atoms with Crippen LogP contribution in [0.3, 0.4) is 0 Å². The van der Waals surface area contributed by atoms with Gasteiger partial charge in [0.1, 0.15) is 0 Å². The SMILES string of the molecule is CN(CC(=O)Nc1ccc(Cl)c(C(F)(F)F)c1)C(=O)C1CCC(N)C1. The lowest BCUT2D eigenvalue weighted by atomic mass is 10.1. The first-order valence-corrected chi connectivity index (χ1v) is 8.13. The molecule has 0 radical (unpaired) electrons. The fourth-order valence-electron chi connectivity index (χ4n) is 2.87. The van der Waals surface area contributed by atoms with Crippen LogP contribution in [0.1, 0.15) is 24.8 Å². The van der Waals surface area contributed by atoms with Gasteiger partial charge in [0, 0.05) is 24.7 Å². The average Bonchev–Trinajstić information content (AvgIpc) is 2.93. The zero-order valence-corrected chi connectivity index (χ0v) is 14.3. The molecule has 1 fully saturated rings. The molecule has 138 valence electrons. The number of likely N-dealkylation sites (N-methyl/N-ethyl adjacent to an activating group) is 1. The van der Waals surface area contributed by atoms with Gasteiger partial charge >= 0.3 is 6.18 Å². The third-order valence-corrected chi connectivity index (χ3v) is 4.46. The van der Waals surface area contributed by atoms with Gasteiger partial charge in [0.2, 0.25) is 11.8 Å². The van der Waals surface area contributed by atoms with E-state index in [1.807, 2.05) is 0 Å². The Morgan fingerprint density at radius 2 is 2.04 bits per heavy atom. The Morgan fingerprint density at radius 1 is 1.36 bits per heavy atom. The van der Waals surface area contributed by atoms with Crippen LogP contribution in [0.4, 0.5) is 18.9 Å². The first-order chi connectivity index (χ1) is 11.6. The third kappa shape index (κ3) is 5.09. The van der Waals surface area contributed by atoms with Gasteiger partial charge in [0.05, 0.1) is 17.1 Å². The minimum absolute atomic E-state index is 0.00830. The van der Waals surface area contributed by atoms with Gasteiger partial charge in [0.25, 0.3) is 0 Å². The predicted molar refractivity (Wildman–Crippen MR) is 88.0 cm³/mol. The zero-order valence-electron chi connectivity index (χ0n) is 13.6. The van der Waals surface area contributed by atoms with Crippen molar-refractivity contribution in [1.82, 2.24) is 4.90 Å². The summed E-state index contributed by atoms with van der Waals surface area (Å²) in [6.45, 7) is -0.255. The smallest absolute Gasteiger partial charge is 0.336 e. The number of carbonyl (C=O) groups is 2. The van der Waals surface area contributed by atoms with Gasteiger partial charge in [-0.15, -0.1) is 0 Å². The molecule has 0 aromatic heterocycles. The molecule has 0 heterocycles. The van der Waals surface area contributed by atoms with E-state index in [2.05, 4.69) is 5.32 Å². The summed E-state index contributed by atoms with van der Waals surface area (Å²) in [6.07, 6.45) is -2.59. The predicted octanol–water partition coefficient (Wildman–Crippen LogP) is 2.88. The van der Waals surface area contributed by atoms with E-state index in [-0.39, 0.29) is 30.1 Å². The number of halogens is 4. The standard InChI is InChI=1S/C16H19ClF3N3O2/c1-23(15(25)9-2-3-10(21)6-9)8-14(24)22-11-4-5-13(17)12(7-11)16(18,19)20/h4-5,7,9-10H,2-3,6,8,21H2,1H3,(H,22,24). The molecule has 0 saturated heterocycles. The van der Waals surface area contributed by atoms with Crippen LogP contribution in [0.25, 0.3) is 0 Å². The van der Waals surface area contributed by atoms with Gasteiger partial charge in [-0.2, -0.15) is 13.2 Å². The van der Waals surface area contributed by atoms with Gasteiger partial charge in [-0.05, 0) is 37.5 Å². The molecule has 2 atom stereocenters. The zero-order chi connectivity index (χ0) is 18.8. The van der Waals surface area contributed by atoms with E-state index in [1.165, 1.54) is 18.0 Å². The number of alkyl halides is 3. The molecule has 1 aliphatic carbocycles. The van der Waals surface area contributed by atoms with Crippen molar-refractivity contribution in [3.63, 3.8) is 0 Å². The van der Waals surface area contributed by atoms with Crippen LogP contribution >= 0.6 is 11.6 Å². The number of anilines is 1. The van der Waals surface area contributed by atoms with Crippen LogP contribution in [0.2, 0.25) is 5.02 Å². The summed E-state index contributed by atoms with van der Waals surface area (Å²) >= 11 is 5.53. The second kappa shape index (κ2) is 7.61. The van der Waals surface area contributed by atoms with Gasteiger partial charge in [-0.3, -0.25) is 9.59 Å². The monoisotopic (exact) mass is 377 g/mol. The topological polar surface area (TPSA) is 75.4 Å². The molecule has 5 nitrogen and oxygen atoms in total. The highest BCUT2D eigenvalue weighted by molar-refractivity contribution is 6.31. The van der Waals surface area contributed by atoms with Gasteiger partial charge in [-0.25, -0.2) is 0 Å². The highest BCUT2D eigenvalue weighted by Gasteiger charge is 2.34. The van der Waals surface area contributed by atoms with E-state index >= 15 is 0 Å². The molecule has 0 spiro atoms. The molecular formula is C16H19ClF3N3O2. The Morgan fingerprint density at radius 3 is 2.60 bits per heavy atom. The number of benzene rings is 1. The minimum Gasteiger partial charge on any atom is -0.336 e. The van der Waals surface area contributed by atoms with E-state index in [1.54, 1.807) is 0 Å². The fraction of sp³-hybridized carbons (Fsp3) is 0.500. The van der Waals surface area contributed by atoms with Crippen molar-refractivity contribution in [3.8, 4) is 0 Å². The van der Waals surface area contributed by atoms with E-state index in [4.69, 9.17) is 17.3 Å². The lowest BCUT2D eigenvalue weighted by Crippen LogP contribution is -2.38. The highest BCUT2D eigenvalue weighted by Crippen LogP contribution is 2.36. The maximum absolute atomic E-state index is 12.8. The Bertz CT molecular complexity index is 667. The van der Waals surface area contributed by atoms with Gasteiger partial charge in [-0.1, -0.05) is 11.6 Å². The van der Waals surface area contributed by atoms with Crippen molar-refractivity contribution in [2.24, 2.45) is 11.7 Å². The van der Waals surface area contributed by atoms with Crippen molar-refractivity contribution in [2.45, 2.75) is 31.5 Å². The number of nitrogens with two attached hydrogens (primary N) is 1. The molecule has 3 N–H and O–H groups in total. The molecule has 1 saturated carbocycles. The van der Waals surface area contributed by atoms with Crippen LogP contribution < -0.4 is 11.1 Å². The highest BCUT2D eigenvalue weighted by atomic mass is 35.5. The molecule has 0 aliphatic heterocycles. The van der Waals surface area contributed by atoms with Crippen molar-refractivity contribution in [1.29, 1.82) is 0 Å². The first-order valence-electron chi connectivity index (χ1n) is 7.75. The Labute approximate surface area is 148 Å². The molecule has 1 aliphatic rings. The van der Waals surface area contributed by atoms with Crippen LogP contribution in [0, 0.1) is 5.92 Å². The third-order valence-electron chi connectivity index (χ3n) is 4.13. The van der Waals surface area contributed by atoms with Crippen molar-refractivity contribution in [3.05, 3.63) is 28.8 Å². The van der Waals surface area contributed by atoms with E-state index in [0.717, 1.165) is 18.6 Å². The normalized spacial score (nSPS) is 20.4. The van der Waals surface area contributed by atoms with Crippen LogP contribution in [0.15, 0.2) is 18.2 Å². The van der Waals surface area contributed by atoms with Gasteiger partial charge < -0.3 is 16.0 Å². The molecule has 9 heteroatoms. The number of nitrogens with one attached hydrogen (secondary N) is 1. The maximum Gasteiger partial charge on any atom is 0.417 e. The summed E-state index contributed by atoms with van der Waals surface area (Å²) in [7, 11) is 1.48. The molecular weight excluding hydrogens is 359 g/mol. The maximum atomic E-state index is 12.8. The summed E-state index contributed by atoms with van der Waals surface area (Å²) in [5, 5.41) is 1.90. The van der Waals surface area contributed by atoms with Crippen molar-refractivity contribution in [2.75, 3.05) is 18.9 Å². The van der Waals surface area contributed by atoms with Crippen LogP contribution in [-0.2, 0) is 15.8 Å². The number of rotatable bonds is 4. The second-order valence-electron chi connectivity index (χ2n) is 6.20. The molecule has 1 aromatic carbocycles. The Balaban J connectivity index is 1.97. The Kier molecular flexibility index (Phi) is 5.95. The second-order valence-corrected chi connectivity index (χ2v) is 6.61. The molecule has 1 aromatic rings. The van der Waals surface area contributed by atoms with Crippen molar-refractivity contribution < 1.29 is 22.8 Å². The lowest BCUT2D eigenvalue weighted by Gasteiger charge is -2.20. The summed E-state index contributed by atoms with van der Waals surface area (Å²) in [4.78, 5) is 25.5. The average molecular weight is 378 g/mol. The number of carbonyl (C=O) groups excluding carboxylic acids is 2. The minimum atomic E-state index is -4.62. The quantitative estimate of drug-likeness (QED) is 0.847. The van der Waals surface area contributed by atoms with E-state index in [9.17, 15) is 22.8 Å². The number of amides is 2. The summed E-state index contributed by atoms with van der Waals surface area (Å²) in [5.74, 6) is -0.982. The summed E-state index contributed by atoms with van der Waals surface area (Å²) < 4.78 is 38.5. The van der Waals surface area contributed by atoms with Crippen LogP contribution in [-0.4, -0.2) is 36.3 Å². The number of hydrogen-bond acceptors (Lipinski definition) is 3.